The summed E-state index contributed by atoms with van der Waals surface area (Å²) in [5.74, 6) is 0. The standard InChI is InChI=1S/C48H30N2S/c1-2-10-31(11-3-1)34-22-27-40-42-29-28-41-39-14-6-9-17-45(39)50(47(41)48(42)51-46(40)30-34)36-25-20-33(21-26-36)32-18-23-35(24-19-32)49-43-15-7-4-12-37(43)38-13-5-8-16-44(38)49/h1-30H. The van der Waals surface area contributed by atoms with Crippen LogP contribution in [0.5, 0.6) is 0 Å². The Labute approximate surface area is 298 Å². The van der Waals surface area contributed by atoms with Crippen molar-refractivity contribution in [1.82, 2.24) is 9.13 Å². The lowest BCUT2D eigenvalue weighted by Gasteiger charge is -2.11. The highest BCUT2D eigenvalue weighted by Crippen LogP contribution is 2.44. The van der Waals surface area contributed by atoms with Gasteiger partial charge in [-0.15, -0.1) is 11.3 Å². The summed E-state index contributed by atoms with van der Waals surface area (Å²) in [5, 5.41) is 7.75. The first-order chi connectivity index (χ1) is 25.3. The maximum Gasteiger partial charge on any atom is 0.0719 e. The zero-order valence-corrected chi connectivity index (χ0v) is 28.4. The Morgan fingerprint density at radius 1 is 0.314 bits per heavy atom. The molecule has 0 fully saturated rings. The lowest BCUT2D eigenvalue weighted by molar-refractivity contribution is 1.18. The van der Waals surface area contributed by atoms with Crippen LogP contribution in [0.2, 0.25) is 0 Å². The molecule has 0 amide bonds. The molecule has 3 aromatic heterocycles. The summed E-state index contributed by atoms with van der Waals surface area (Å²) in [6, 6.07) is 66.5. The summed E-state index contributed by atoms with van der Waals surface area (Å²) in [6.07, 6.45) is 0. The topological polar surface area (TPSA) is 9.86 Å². The van der Waals surface area contributed by atoms with E-state index in [-0.39, 0.29) is 0 Å². The third-order valence-corrected chi connectivity index (χ3v) is 11.7. The monoisotopic (exact) mass is 666 g/mol. The van der Waals surface area contributed by atoms with Crippen LogP contribution in [0.4, 0.5) is 0 Å². The minimum Gasteiger partial charge on any atom is -0.309 e. The maximum absolute atomic E-state index is 2.47. The fourth-order valence-electron chi connectivity index (χ4n) is 8.17. The third-order valence-electron chi connectivity index (χ3n) is 10.5. The average molecular weight is 667 g/mol. The predicted octanol–water partition coefficient (Wildman–Crippen LogP) is 13.6. The summed E-state index contributed by atoms with van der Waals surface area (Å²) < 4.78 is 7.48. The predicted molar refractivity (Wildman–Crippen MR) is 219 cm³/mol. The van der Waals surface area contributed by atoms with Crippen molar-refractivity contribution in [3.8, 4) is 33.6 Å². The van der Waals surface area contributed by atoms with Crippen molar-refractivity contribution in [2.75, 3.05) is 0 Å². The quantitative estimate of drug-likeness (QED) is 0.177. The van der Waals surface area contributed by atoms with E-state index in [2.05, 4.69) is 191 Å². The van der Waals surface area contributed by atoms with E-state index in [1.165, 1.54) is 97.4 Å². The molecule has 0 unspecified atom stereocenters. The molecule has 238 valence electrons. The number of para-hydroxylation sites is 3. The van der Waals surface area contributed by atoms with Crippen molar-refractivity contribution in [2.45, 2.75) is 0 Å². The normalized spacial score (nSPS) is 11.9. The zero-order valence-electron chi connectivity index (χ0n) is 27.6. The van der Waals surface area contributed by atoms with Gasteiger partial charge in [0.05, 0.1) is 26.8 Å². The van der Waals surface area contributed by atoms with E-state index in [1.807, 2.05) is 11.3 Å². The Morgan fingerprint density at radius 2 is 0.765 bits per heavy atom. The van der Waals surface area contributed by atoms with Gasteiger partial charge in [0.2, 0.25) is 0 Å². The first-order valence-electron chi connectivity index (χ1n) is 17.4. The van der Waals surface area contributed by atoms with Crippen LogP contribution in [-0.2, 0) is 0 Å². The average Bonchev–Trinajstić information content (AvgIpc) is 3.86. The zero-order chi connectivity index (χ0) is 33.5. The number of thiophene rings is 1. The number of hydrogen-bond acceptors (Lipinski definition) is 1. The molecule has 0 radical (unpaired) electrons. The summed E-state index contributed by atoms with van der Waals surface area (Å²) in [4.78, 5) is 0. The number of aromatic nitrogens is 2. The molecule has 0 saturated heterocycles. The molecule has 0 aliphatic carbocycles. The van der Waals surface area contributed by atoms with Gasteiger partial charge in [0, 0.05) is 48.4 Å². The number of nitrogens with zero attached hydrogens (tertiary/aromatic N) is 2. The van der Waals surface area contributed by atoms with Crippen LogP contribution < -0.4 is 0 Å². The Balaban J connectivity index is 1.02. The molecule has 51 heavy (non-hydrogen) atoms. The lowest BCUT2D eigenvalue weighted by Crippen LogP contribution is -1.94. The maximum atomic E-state index is 2.47. The minimum atomic E-state index is 1.17. The largest absolute Gasteiger partial charge is 0.309 e. The number of hydrogen-bond donors (Lipinski definition) is 0. The summed E-state index contributed by atoms with van der Waals surface area (Å²) in [5.41, 5.74) is 12.2. The molecule has 0 aliphatic heterocycles. The highest BCUT2D eigenvalue weighted by molar-refractivity contribution is 7.26. The Morgan fingerprint density at radius 3 is 1.39 bits per heavy atom. The summed E-state index contributed by atoms with van der Waals surface area (Å²) in [7, 11) is 0. The molecule has 0 bridgehead atoms. The third kappa shape index (κ3) is 4.29. The van der Waals surface area contributed by atoms with E-state index in [4.69, 9.17) is 0 Å². The van der Waals surface area contributed by atoms with Gasteiger partial charge >= 0.3 is 0 Å². The highest BCUT2D eigenvalue weighted by Gasteiger charge is 2.18. The van der Waals surface area contributed by atoms with Crippen molar-refractivity contribution >= 4 is 75.1 Å². The Hall–Kier alpha value is -6.42. The summed E-state index contributed by atoms with van der Waals surface area (Å²) >= 11 is 1.90. The number of fused-ring (bicyclic) bond motifs is 10. The van der Waals surface area contributed by atoms with Gasteiger partial charge in [0.1, 0.15) is 0 Å². The van der Waals surface area contributed by atoms with Gasteiger partial charge in [0.25, 0.3) is 0 Å². The molecular weight excluding hydrogens is 637 g/mol. The van der Waals surface area contributed by atoms with Crippen LogP contribution in [0.3, 0.4) is 0 Å². The molecule has 8 aromatic carbocycles. The number of rotatable bonds is 4. The van der Waals surface area contributed by atoms with Crippen molar-refractivity contribution in [2.24, 2.45) is 0 Å². The van der Waals surface area contributed by atoms with Crippen LogP contribution in [0, 0.1) is 0 Å². The molecular formula is C48H30N2S. The smallest absolute Gasteiger partial charge is 0.0719 e. The molecule has 0 saturated carbocycles. The molecule has 3 heterocycles. The van der Waals surface area contributed by atoms with E-state index in [0.717, 1.165) is 0 Å². The minimum absolute atomic E-state index is 1.17. The van der Waals surface area contributed by atoms with Gasteiger partial charge in [-0.3, -0.25) is 0 Å². The van der Waals surface area contributed by atoms with Gasteiger partial charge in [0.15, 0.2) is 0 Å². The van der Waals surface area contributed by atoms with Gasteiger partial charge in [-0.05, 0) is 70.8 Å². The van der Waals surface area contributed by atoms with E-state index < -0.39 is 0 Å². The second-order valence-electron chi connectivity index (χ2n) is 13.3. The van der Waals surface area contributed by atoms with Gasteiger partial charge in [-0.2, -0.15) is 0 Å². The molecule has 11 rings (SSSR count). The van der Waals surface area contributed by atoms with Gasteiger partial charge in [-0.1, -0.05) is 133 Å². The lowest BCUT2D eigenvalue weighted by atomic mass is 10.0. The van der Waals surface area contributed by atoms with Crippen LogP contribution >= 0.6 is 11.3 Å². The Kier molecular flexibility index (Phi) is 6.16. The number of benzene rings is 8. The second-order valence-corrected chi connectivity index (χ2v) is 14.4. The fraction of sp³-hybridized carbons (Fsp3) is 0. The molecule has 0 atom stereocenters. The second kappa shape index (κ2) is 11.0. The first kappa shape index (κ1) is 28.4. The molecule has 11 aromatic rings. The van der Waals surface area contributed by atoms with Crippen LogP contribution in [-0.4, -0.2) is 9.13 Å². The van der Waals surface area contributed by atoms with Crippen LogP contribution in [0.1, 0.15) is 0 Å². The molecule has 0 spiro atoms. The highest BCUT2D eigenvalue weighted by atomic mass is 32.1. The van der Waals surface area contributed by atoms with E-state index >= 15 is 0 Å². The molecule has 3 heteroatoms. The van der Waals surface area contributed by atoms with Gasteiger partial charge < -0.3 is 9.13 Å². The SMILES string of the molecule is c1ccc(-c2ccc3c(c2)sc2c3ccc3c4ccccc4n(-c4ccc(-c5ccc(-n6c7ccccc7c7ccccc76)cc5)cc4)c32)cc1. The summed E-state index contributed by atoms with van der Waals surface area (Å²) in [6.45, 7) is 0. The van der Waals surface area contributed by atoms with E-state index in [0.29, 0.717) is 0 Å². The van der Waals surface area contributed by atoms with Crippen molar-refractivity contribution < 1.29 is 0 Å². The van der Waals surface area contributed by atoms with E-state index in [1.54, 1.807) is 0 Å². The van der Waals surface area contributed by atoms with Gasteiger partial charge in [-0.25, -0.2) is 0 Å². The fourth-order valence-corrected chi connectivity index (χ4v) is 9.45. The first-order valence-corrected chi connectivity index (χ1v) is 18.3. The van der Waals surface area contributed by atoms with Crippen molar-refractivity contribution in [3.63, 3.8) is 0 Å². The molecule has 2 nitrogen and oxygen atoms in total. The Bertz CT molecular complexity index is 3050. The van der Waals surface area contributed by atoms with Crippen molar-refractivity contribution in [3.05, 3.63) is 182 Å². The molecule has 0 aliphatic rings. The molecule has 0 N–H and O–H groups in total. The van der Waals surface area contributed by atoms with Crippen LogP contribution in [0.15, 0.2) is 182 Å². The van der Waals surface area contributed by atoms with E-state index in [9.17, 15) is 0 Å². The van der Waals surface area contributed by atoms with Crippen molar-refractivity contribution in [1.29, 1.82) is 0 Å². The van der Waals surface area contributed by atoms with Crippen LogP contribution in [0.25, 0.3) is 97.4 Å².